The van der Waals surface area contributed by atoms with Gasteiger partial charge in [0, 0.05) is 18.8 Å². The maximum Gasteiger partial charge on any atom is 0.119 e. The van der Waals surface area contributed by atoms with Gasteiger partial charge in [-0.2, -0.15) is 0 Å². The molecule has 1 fully saturated rings. The number of piperidine rings is 1. The summed E-state index contributed by atoms with van der Waals surface area (Å²) < 4.78 is 11.5. The van der Waals surface area contributed by atoms with Gasteiger partial charge >= 0.3 is 0 Å². The SMILES string of the molecule is COc1ccc(N2CCC3(CC2)OCc2ccccc23)cc1. The molecule has 3 nitrogen and oxygen atoms in total. The summed E-state index contributed by atoms with van der Waals surface area (Å²) in [5.41, 5.74) is 3.98. The molecule has 2 aromatic rings. The number of benzene rings is 2. The van der Waals surface area contributed by atoms with Gasteiger partial charge in [-0.1, -0.05) is 24.3 Å². The van der Waals surface area contributed by atoms with E-state index in [9.17, 15) is 0 Å². The van der Waals surface area contributed by atoms with Gasteiger partial charge in [0.05, 0.1) is 19.3 Å². The molecular weight excluding hydrogens is 274 g/mol. The van der Waals surface area contributed by atoms with Crippen LogP contribution in [0.4, 0.5) is 5.69 Å². The zero-order valence-corrected chi connectivity index (χ0v) is 12.9. The average molecular weight is 295 g/mol. The summed E-state index contributed by atoms with van der Waals surface area (Å²) in [6.07, 6.45) is 2.10. The van der Waals surface area contributed by atoms with Crippen LogP contribution >= 0.6 is 0 Å². The Labute approximate surface area is 131 Å². The van der Waals surface area contributed by atoms with Crippen molar-refractivity contribution in [3.63, 3.8) is 0 Å². The molecule has 0 aromatic heterocycles. The van der Waals surface area contributed by atoms with Gasteiger partial charge in [-0.15, -0.1) is 0 Å². The van der Waals surface area contributed by atoms with Crippen LogP contribution in [0.25, 0.3) is 0 Å². The quantitative estimate of drug-likeness (QED) is 0.843. The van der Waals surface area contributed by atoms with E-state index in [-0.39, 0.29) is 5.60 Å². The van der Waals surface area contributed by atoms with Gasteiger partial charge in [-0.3, -0.25) is 0 Å². The van der Waals surface area contributed by atoms with E-state index in [2.05, 4.69) is 41.3 Å². The van der Waals surface area contributed by atoms with Gasteiger partial charge in [0.25, 0.3) is 0 Å². The normalized spacial score (nSPS) is 19.2. The highest BCUT2D eigenvalue weighted by Crippen LogP contribution is 2.44. The van der Waals surface area contributed by atoms with E-state index in [1.54, 1.807) is 7.11 Å². The molecule has 4 rings (SSSR count). The number of nitrogens with zero attached hydrogens (tertiary/aromatic N) is 1. The average Bonchev–Trinajstić information content (AvgIpc) is 2.95. The Morgan fingerprint density at radius 2 is 1.73 bits per heavy atom. The first-order valence-electron chi connectivity index (χ1n) is 7.92. The summed E-state index contributed by atoms with van der Waals surface area (Å²) in [6.45, 7) is 2.82. The lowest BCUT2D eigenvalue weighted by Gasteiger charge is -2.40. The summed E-state index contributed by atoms with van der Waals surface area (Å²) in [7, 11) is 1.70. The molecule has 114 valence electrons. The molecular formula is C19H21NO2. The maximum atomic E-state index is 6.23. The number of fused-ring (bicyclic) bond motifs is 2. The Bertz CT molecular complexity index is 657. The van der Waals surface area contributed by atoms with E-state index in [0.717, 1.165) is 38.3 Å². The zero-order chi connectivity index (χ0) is 15.0. The van der Waals surface area contributed by atoms with E-state index >= 15 is 0 Å². The molecule has 22 heavy (non-hydrogen) atoms. The van der Waals surface area contributed by atoms with Crippen LogP contribution in [-0.2, 0) is 16.9 Å². The molecule has 2 aliphatic rings. The van der Waals surface area contributed by atoms with Gasteiger partial charge in [0.2, 0.25) is 0 Å². The fourth-order valence-electron chi connectivity index (χ4n) is 3.72. The van der Waals surface area contributed by atoms with Gasteiger partial charge in [-0.05, 0) is 48.2 Å². The van der Waals surface area contributed by atoms with Crippen LogP contribution in [0, 0.1) is 0 Å². The third-order valence-electron chi connectivity index (χ3n) is 5.02. The Morgan fingerprint density at radius 3 is 2.45 bits per heavy atom. The third kappa shape index (κ3) is 2.17. The molecule has 3 heteroatoms. The molecule has 0 saturated carbocycles. The van der Waals surface area contributed by atoms with E-state index in [4.69, 9.17) is 9.47 Å². The van der Waals surface area contributed by atoms with Gasteiger partial charge in [0.1, 0.15) is 5.75 Å². The van der Waals surface area contributed by atoms with Gasteiger partial charge < -0.3 is 14.4 Å². The van der Waals surface area contributed by atoms with Gasteiger partial charge in [-0.25, -0.2) is 0 Å². The molecule has 0 amide bonds. The lowest BCUT2D eigenvalue weighted by atomic mass is 9.83. The second-order valence-corrected chi connectivity index (χ2v) is 6.13. The van der Waals surface area contributed by atoms with Crippen LogP contribution in [0.5, 0.6) is 5.75 Å². The summed E-state index contributed by atoms with van der Waals surface area (Å²) >= 11 is 0. The highest BCUT2D eigenvalue weighted by atomic mass is 16.5. The Balaban J connectivity index is 1.51. The molecule has 2 aromatic carbocycles. The molecule has 0 radical (unpaired) electrons. The highest BCUT2D eigenvalue weighted by molar-refractivity contribution is 5.50. The lowest BCUT2D eigenvalue weighted by Crippen LogP contribution is -2.42. The number of hydrogen-bond acceptors (Lipinski definition) is 3. The molecule has 2 aliphatic heterocycles. The van der Waals surface area contributed by atoms with E-state index < -0.39 is 0 Å². The summed E-state index contributed by atoms with van der Waals surface area (Å²) in [5.74, 6) is 0.908. The number of ether oxygens (including phenoxy) is 2. The first kappa shape index (κ1) is 13.6. The molecule has 2 heterocycles. The van der Waals surface area contributed by atoms with Crippen molar-refractivity contribution in [2.24, 2.45) is 0 Å². The minimum Gasteiger partial charge on any atom is -0.497 e. The summed E-state index contributed by atoms with van der Waals surface area (Å²) in [4.78, 5) is 2.44. The smallest absolute Gasteiger partial charge is 0.119 e. The summed E-state index contributed by atoms with van der Waals surface area (Å²) in [5, 5.41) is 0. The van der Waals surface area contributed by atoms with Crippen molar-refractivity contribution in [1.82, 2.24) is 0 Å². The van der Waals surface area contributed by atoms with Crippen molar-refractivity contribution in [1.29, 1.82) is 0 Å². The number of rotatable bonds is 2. The molecule has 0 aliphatic carbocycles. The number of hydrogen-bond donors (Lipinski definition) is 0. The van der Waals surface area contributed by atoms with Crippen LogP contribution in [0.1, 0.15) is 24.0 Å². The Kier molecular flexibility index (Phi) is 3.30. The first-order valence-corrected chi connectivity index (χ1v) is 7.92. The topological polar surface area (TPSA) is 21.7 Å². The third-order valence-corrected chi connectivity index (χ3v) is 5.02. The Morgan fingerprint density at radius 1 is 1.00 bits per heavy atom. The molecule has 1 spiro atoms. The van der Waals surface area contributed by atoms with Crippen LogP contribution in [-0.4, -0.2) is 20.2 Å². The number of anilines is 1. The van der Waals surface area contributed by atoms with Crippen molar-refractivity contribution in [2.45, 2.75) is 25.0 Å². The van der Waals surface area contributed by atoms with E-state index in [1.165, 1.54) is 16.8 Å². The molecule has 0 unspecified atom stereocenters. The monoisotopic (exact) mass is 295 g/mol. The molecule has 0 bridgehead atoms. The van der Waals surface area contributed by atoms with Crippen molar-refractivity contribution in [3.05, 3.63) is 59.7 Å². The largest absolute Gasteiger partial charge is 0.497 e. The second kappa shape index (κ2) is 5.33. The fraction of sp³-hybridized carbons (Fsp3) is 0.368. The van der Waals surface area contributed by atoms with Crippen LogP contribution in [0.3, 0.4) is 0 Å². The minimum atomic E-state index is -0.0560. The van der Waals surface area contributed by atoms with E-state index in [0.29, 0.717) is 0 Å². The van der Waals surface area contributed by atoms with Crippen LogP contribution in [0.15, 0.2) is 48.5 Å². The zero-order valence-electron chi connectivity index (χ0n) is 12.9. The molecule has 0 atom stereocenters. The maximum absolute atomic E-state index is 6.23. The van der Waals surface area contributed by atoms with Crippen molar-refractivity contribution < 1.29 is 9.47 Å². The molecule has 0 N–H and O–H groups in total. The fourth-order valence-corrected chi connectivity index (χ4v) is 3.72. The Hall–Kier alpha value is -2.00. The summed E-state index contributed by atoms with van der Waals surface area (Å²) in [6, 6.07) is 17.0. The lowest BCUT2D eigenvalue weighted by molar-refractivity contribution is -0.0551. The van der Waals surface area contributed by atoms with Gasteiger partial charge in [0.15, 0.2) is 0 Å². The standard InChI is InChI=1S/C19H21NO2/c1-21-17-8-6-16(7-9-17)20-12-10-19(11-13-20)18-5-3-2-4-15(18)14-22-19/h2-9H,10-14H2,1H3. The van der Waals surface area contributed by atoms with Crippen molar-refractivity contribution in [3.8, 4) is 5.75 Å². The van der Waals surface area contributed by atoms with Crippen molar-refractivity contribution in [2.75, 3.05) is 25.1 Å². The van der Waals surface area contributed by atoms with Crippen molar-refractivity contribution >= 4 is 5.69 Å². The predicted molar refractivity (Wildman–Crippen MR) is 87.4 cm³/mol. The second-order valence-electron chi connectivity index (χ2n) is 6.13. The number of methoxy groups -OCH3 is 1. The van der Waals surface area contributed by atoms with Crippen LogP contribution < -0.4 is 9.64 Å². The predicted octanol–water partition coefficient (Wildman–Crippen LogP) is 3.72. The van der Waals surface area contributed by atoms with Crippen LogP contribution in [0.2, 0.25) is 0 Å². The first-order chi connectivity index (χ1) is 10.8. The highest BCUT2D eigenvalue weighted by Gasteiger charge is 2.42. The minimum absolute atomic E-state index is 0.0560. The van der Waals surface area contributed by atoms with E-state index in [1.807, 2.05) is 12.1 Å². The molecule has 1 saturated heterocycles.